The van der Waals surface area contributed by atoms with Gasteiger partial charge < -0.3 is 4.74 Å². The Hall–Kier alpha value is -1.05. The molecule has 1 aromatic rings. The molecule has 1 aromatic carbocycles. The highest BCUT2D eigenvalue weighted by Crippen LogP contribution is 2.43. The second-order valence-corrected chi connectivity index (χ2v) is 8.38. The summed E-state index contributed by atoms with van der Waals surface area (Å²) in [6, 6.07) is 9.62. The molecular formula is C23H35FO. The fraction of sp³-hybridized carbons (Fsp3) is 0.739. The van der Waals surface area contributed by atoms with Crippen molar-refractivity contribution in [3.05, 3.63) is 30.3 Å². The van der Waals surface area contributed by atoms with Gasteiger partial charge in [0.05, 0.1) is 0 Å². The molecule has 0 aliphatic heterocycles. The molecule has 0 bridgehead atoms. The molecule has 0 heterocycles. The lowest BCUT2D eigenvalue weighted by Crippen LogP contribution is -2.31. The normalized spacial score (nSPS) is 31.4. The maximum absolute atomic E-state index is 14.6. The fourth-order valence-corrected chi connectivity index (χ4v) is 5.16. The Kier molecular flexibility index (Phi) is 7.19. The quantitative estimate of drug-likeness (QED) is 0.526. The zero-order chi connectivity index (χ0) is 17.5. The summed E-state index contributed by atoms with van der Waals surface area (Å²) in [5, 5.41) is 0. The van der Waals surface area contributed by atoms with Gasteiger partial charge in [0, 0.05) is 0 Å². The smallest absolute Gasteiger partial charge is 0.137 e. The minimum absolute atomic E-state index is 0.205. The molecule has 1 atom stereocenters. The van der Waals surface area contributed by atoms with Gasteiger partial charge in [-0.2, -0.15) is 0 Å². The maximum atomic E-state index is 14.6. The molecule has 0 N–H and O–H groups in total. The van der Waals surface area contributed by atoms with Crippen molar-refractivity contribution in [3.8, 4) is 5.75 Å². The van der Waals surface area contributed by atoms with E-state index in [0.717, 1.165) is 36.3 Å². The van der Waals surface area contributed by atoms with E-state index in [4.69, 9.17) is 4.74 Å². The molecule has 1 nitrogen and oxygen atoms in total. The van der Waals surface area contributed by atoms with Gasteiger partial charge in [0.15, 0.2) is 0 Å². The van der Waals surface area contributed by atoms with Gasteiger partial charge in [-0.1, -0.05) is 50.8 Å². The van der Waals surface area contributed by atoms with Crippen LogP contribution in [0.4, 0.5) is 4.39 Å². The summed E-state index contributed by atoms with van der Waals surface area (Å²) in [6.45, 7) is 2.52. The van der Waals surface area contributed by atoms with Gasteiger partial charge in [0.25, 0.3) is 0 Å². The van der Waals surface area contributed by atoms with Crippen molar-refractivity contribution in [1.29, 1.82) is 0 Å². The molecular weight excluding hydrogens is 311 g/mol. The lowest BCUT2D eigenvalue weighted by Gasteiger charge is -2.38. The van der Waals surface area contributed by atoms with E-state index in [9.17, 15) is 4.39 Å². The third kappa shape index (κ3) is 5.46. The Bertz CT molecular complexity index is 472. The standard InChI is InChI=1S/C23H35FO/c1-2-6-18-9-11-19(12-10-18)20-13-15-21(16-14-20)23(24)17-25-22-7-4-3-5-8-22/h3-5,7-8,18-21,23H,2,6,9-17H2,1H3. The Morgan fingerprint density at radius 1 is 0.920 bits per heavy atom. The average Bonchev–Trinajstić information content (AvgIpc) is 2.68. The molecule has 3 rings (SSSR count). The number of hydrogen-bond donors (Lipinski definition) is 0. The van der Waals surface area contributed by atoms with Crippen molar-refractivity contribution < 1.29 is 9.13 Å². The van der Waals surface area contributed by atoms with Gasteiger partial charge >= 0.3 is 0 Å². The maximum Gasteiger partial charge on any atom is 0.137 e. The van der Waals surface area contributed by atoms with Crippen LogP contribution in [0.3, 0.4) is 0 Å². The molecule has 1 unspecified atom stereocenters. The lowest BCUT2D eigenvalue weighted by atomic mass is 9.68. The number of hydrogen-bond acceptors (Lipinski definition) is 1. The highest BCUT2D eigenvalue weighted by atomic mass is 19.1. The summed E-state index contributed by atoms with van der Waals surface area (Å²) in [7, 11) is 0. The number of alkyl halides is 1. The van der Waals surface area contributed by atoms with E-state index in [1.54, 1.807) is 0 Å². The zero-order valence-electron chi connectivity index (χ0n) is 15.8. The third-order valence-electron chi connectivity index (χ3n) is 6.74. The van der Waals surface area contributed by atoms with E-state index in [0.29, 0.717) is 0 Å². The van der Waals surface area contributed by atoms with Gasteiger partial charge in [0.1, 0.15) is 18.5 Å². The topological polar surface area (TPSA) is 9.23 Å². The van der Waals surface area contributed by atoms with Crippen molar-refractivity contribution in [1.82, 2.24) is 0 Å². The summed E-state index contributed by atoms with van der Waals surface area (Å²) in [5.74, 6) is 3.76. The molecule has 2 saturated carbocycles. The first-order valence-electron chi connectivity index (χ1n) is 10.6. The molecule has 0 spiro atoms. The van der Waals surface area contributed by atoms with Crippen molar-refractivity contribution >= 4 is 0 Å². The van der Waals surface area contributed by atoms with Crippen molar-refractivity contribution in [2.45, 2.75) is 77.3 Å². The van der Waals surface area contributed by atoms with Crippen LogP contribution in [-0.2, 0) is 0 Å². The molecule has 0 amide bonds. The Morgan fingerprint density at radius 2 is 1.52 bits per heavy atom. The second-order valence-electron chi connectivity index (χ2n) is 8.38. The van der Waals surface area contributed by atoms with Gasteiger partial charge in [-0.25, -0.2) is 4.39 Å². The molecule has 2 aliphatic carbocycles. The van der Waals surface area contributed by atoms with E-state index in [2.05, 4.69) is 6.92 Å². The van der Waals surface area contributed by atoms with E-state index >= 15 is 0 Å². The highest BCUT2D eigenvalue weighted by molar-refractivity contribution is 5.20. The first-order chi connectivity index (χ1) is 12.3. The third-order valence-corrected chi connectivity index (χ3v) is 6.74. The monoisotopic (exact) mass is 346 g/mol. The van der Waals surface area contributed by atoms with Crippen LogP contribution in [0.25, 0.3) is 0 Å². The van der Waals surface area contributed by atoms with Crippen molar-refractivity contribution in [3.63, 3.8) is 0 Å². The van der Waals surface area contributed by atoms with Crippen LogP contribution in [0, 0.1) is 23.7 Å². The van der Waals surface area contributed by atoms with Crippen LogP contribution >= 0.6 is 0 Å². The first-order valence-corrected chi connectivity index (χ1v) is 10.6. The van der Waals surface area contributed by atoms with Crippen LogP contribution in [0.2, 0.25) is 0 Å². The molecule has 2 fully saturated rings. The summed E-state index contributed by atoms with van der Waals surface area (Å²) >= 11 is 0. The molecule has 140 valence electrons. The number of para-hydroxylation sites is 1. The summed E-state index contributed by atoms with van der Waals surface area (Å²) < 4.78 is 20.2. The van der Waals surface area contributed by atoms with E-state index < -0.39 is 6.17 Å². The molecule has 25 heavy (non-hydrogen) atoms. The van der Waals surface area contributed by atoms with E-state index in [1.165, 1.54) is 51.4 Å². The van der Waals surface area contributed by atoms with E-state index in [1.807, 2.05) is 30.3 Å². The van der Waals surface area contributed by atoms with Gasteiger partial charge in [0.2, 0.25) is 0 Å². The Labute approximate surface area is 153 Å². The number of benzene rings is 1. The second kappa shape index (κ2) is 9.59. The van der Waals surface area contributed by atoms with Crippen LogP contribution in [0.15, 0.2) is 30.3 Å². The Balaban J connectivity index is 1.37. The largest absolute Gasteiger partial charge is 0.491 e. The van der Waals surface area contributed by atoms with Crippen LogP contribution in [-0.4, -0.2) is 12.8 Å². The summed E-state index contributed by atoms with van der Waals surface area (Å²) in [6.07, 6.45) is 12.3. The van der Waals surface area contributed by atoms with Crippen molar-refractivity contribution in [2.75, 3.05) is 6.61 Å². The van der Waals surface area contributed by atoms with Gasteiger partial charge in [-0.05, 0) is 74.3 Å². The predicted octanol–water partition coefficient (Wildman–Crippen LogP) is 6.82. The van der Waals surface area contributed by atoms with Crippen LogP contribution < -0.4 is 4.74 Å². The fourth-order valence-electron chi connectivity index (χ4n) is 5.16. The number of halogens is 1. The predicted molar refractivity (Wildman–Crippen MR) is 103 cm³/mol. The molecule has 0 radical (unpaired) electrons. The molecule has 0 aromatic heterocycles. The number of ether oxygens (including phenoxy) is 1. The Morgan fingerprint density at radius 3 is 2.12 bits per heavy atom. The molecule has 2 heteroatoms. The summed E-state index contributed by atoms with van der Waals surface area (Å²) in [5.41, 5.74) is 0. The summed E-state index contributed by atoms with van der Waals surface area (Å²) in [4.78, 5) is 0. The van der Waals surface area contributed by atoms with Gasteiger partial charge in [-0.15, -0.1) is 0 Å². The molecule has 2 aliphatic rings. The van der Waals surface area contributed by atoms with Crippen LogP contribution in [0.1, 0.15) is 71.1 Å². The van der Waals surface area contributed by atoms with Gasteiger partial charge in [-0.3, -0.25) is 0 Å². The first kappa shape index (κ1) is 18.7. The zero-order valence-corrected chi connectivity index (χ0v) is 15.8. The SMILES string of the molecule is CCCC1CCC(C2CCC(C(F)COc3ccccc3)CC2)CC1. The average molecular weight is 347 g/mol. The minimum atomic E-state index is -0.818. The molecule has 0 saturated heterocycles. The highest BCUT2D eigenvalue weighted by Gasteiger charge is 2.33. The minimum Gasteiger partial charge on any atom is -0.491 e. The van der Waals surface area contributed by atoms with Crippen molar-refractivity contribution in [2.24, 2.45) is 23.7 Å². The van der Waals surface area contributed by atoms with E-state index in [-0.39, 0.29) is 12.5 Å². The van der Waals surface area contributed by atoms with Crippen LogP contribution in [0.5, 0.6) is 5.75 Å². The lowest BCUT2D eigenvalue weighted by molar-refractivity contribution is 0.0803. The number of rotatable bonds is 7.